The Bertz CT molecular complexity index is 2520. The van der Waals surface area contributed by atoms with E-state index in [9.17, 15) is 48.8 Å². The van der Waals surface area contributed by atoms with E-state index in [0.717, 1.165) is 17.1 Å². The third kappa shape index (κ3) is 16.2. The van der Waals surface area contributed by atoms with E-state index < -0.39 is 52.9 Å². The number of carboxylic acids is 1. The number of unbranched alkanes of at least 4 members (excludes halogenated alkanes) is 2. The average molecular weight is 1010 g/mol. The number of carboxylic acid groups (broad SMARTS) is 1. The van der Waals surface area contributed by atoms with Crippen LogP contribution < -0.4 is 4.90 Å². The number of ether oxygens (including phenoxy) is 5. The van der Waals surface area contributed by atoms with Crippen LogP contribution in [0.2, 0.25) is 0 Å². The van der Waals surface area contributed by atoms with Crippen LogP contribution in [0.15, 0.2) is 94.4 Å². The first-order valence-electron chi connectivity index (χ1n) is 22.5. The minimum absolute atomic E-state index is 0.0432. The topological polar surface area (TPSA) is 253 Å². The highest BCUT2D eigenvalue weighted by Gasteiger charge is 2.48. The van der Waals surface area contributed by atoms with Crippen molar-refractivity contribution < 1.29 is 77.1 Å². The Morgan fingerprint density at radius 2 is 1.24 bits per heavy atom. The van der Waals surface area contributed by atoms with Crippen molar-refractivity contribution >= 4 is 53.4 Å². The summed E-state index contributed by atoms with van der Waals surface area (Å²) in [5.41, 5.74) is 2.64. The maximum absolute atomic E-state index is 12.4. The molecule has 378 valence electrons. The second-order valence-corrected chi connectivity index (χ2v) is 21.1. The van der Waals surface area contributed by atoms with Gasteiger partial charge in [-0.2, -0.15) is 29.8 Å². The van der Waals surface area contributed by atoms with E-state index in [-0.39, 0.29) is 35.7 Å². The van der Waals surface area contributed by atoms with Crippen LogP contribution in [-0.2, 0) is 69.7 Å². The van der Waals surface area contributed by atoms with E-state index in [1.165, 1.54) is 24.3 Å². The van der Waals surface area contributed by atoms with Gasteiger partial charge in [0, 0.05) is 67.6 Å². The van der Waals surface area contributed by atoms with Gasteiger partial charge in [0.05, 0.1) is 73.8 Å². The summed E-state index contributed by atoms with van der Waals surface area (Å²) in [6.07, 6.45) is 15.4. The third-order valence-corrected chi connectivity index (χ3v) is 14.4. The molecule has 0 aromatic heterocycles. The Morgan fingerprint density at radius 3 is 1.81 bits per heavy atom. The minimum atomic E-state index is -4.54. The molecule has 0 saturated carbocycles. The van der Waals surface area contributed by atoms with Gasteiger partial charge in [-0.15, -0.1) is 0 Å². The van der Waals surface area contributed by atoms with Crippen molar-refractivity contribution in [2.24, 2.45) is 0 Å². The number of carbonyl (C=O) groups is 1. The minimum Gasteiger partial charge on any atom is -0.481 e. The van der Waals surface area contributed by atoms with E-state index in [1.54, 1.807) is 37.5 Å². The molecule has 0 spiro atoms. The number of methoxy groups -OCH3 is 1. The molecular formula is C47H67N2O16S3+. The summed E-state index contributed by atoms with van der Waals surface area (Å²) in [7, 11) is -11.7. The Morgan fingerprint density at radius 1 is 0.676 bits per heavy atom. The van der Waals surface area contributed by atoms with Gasteiger partial charge in [-0.05, 0) is 94.8 Å². The van der Waals surface area contributed by atoms with Crippen molar-refractivity contribution in [1.82, 2.24) is 0 Å². The molecule has 18 nitrogen and oxygen atoms in total. The van der Waals surface area contributed by atoms with Crippen LogP contribution in [-0.4, -0.2) is 146 Å². The largest absolute Gasteiger partial charge is 0.481 e. The molecule has 0 bridgehead atoms. The van der Waals surface area contributed by atoms with Crippen molar-refractivity contribution in [2.45, 2.75) is 86.3 Å². The van der Waals surface area contributed by atoms with Crippen molar-refractivity contribution in [1.29, 1.82) is 0 Å². The molecule has 0 fully saturated rings. The SMILES string of the molecule is CCN1/C(=C/C=C/C=C/C=C/C2=[N+](CCCCCC(=O)O)c3ccc(S(=O)(=O)O)cc3C2(C)CCOCCOCCOCCOCCOC)C(C)(CCCS(=O)(=O)O)c2cc(S(=O)(=O)O)ccc21. The predicted molar refractivity (Wildman–Crippen MR) is 257 cm³/mol. The zero-order chi connectivity index (χ0) is 50.0. The molecule has 4 rings (SSSR count). The normalized spacial score (nSPS) is 19.4. The highest BCUT2D eigenvalue weighted by atomic mass is 32.2. The summed E-state index contributed by atoms with van der Waals surface area (Å²) in [6.45, 7) is 10.4. The van der Waals surface area contributed by atoms with Gasteiger partial charge in [-0.1, -0.05) is 30.4 Å². The highest BCUT2D eigenvalue weighted by Crippen LogP contribution is 2.51. The summed E-state index contributed by atoms with van der Waals surface area (Å²) in [4.78, 5) is 12.7. The third-order valence-electron chi connectivity index (χ3n) is 11.9. The number of aliphatic carboxylic acids is 1. The van der Waals surface area contributed by atoms with Gasteiger partial charge in [0.2, 0.25) is 5.69 Å². The van der Waals surface area contributed by atoms with Crippen LogP contribution in [0.25, 0.3) is 0 Å². The molecule has 0 amide bonds. The Labute approximate surface area is 401 Å². The van der Waals surface area contributed by atoms with Crippen LogP contribution in [0.4, 0.5) is 11.4 Å². The van der Waals surface area contributed by atoms with Gasteiger partial charge in [0.1, 0.15) is 6.54 Å². The summed E-state index contributed by atoms with van der Waals surface area (Å²) >= 11 is 0. The molecule has 2 aromatic carbocycles. The van der Waals surface area contributed by atoms with Crippen molar-refractivity contribution in [3.05, 3.63) is 95.8 Å². The molecule has 2 aliphatic heterocycles. The van der Waals surface area contributed by atoms with Gasteiger partial charge < -0.3 is 33.7 Å². The summed E-state index contributed by atoms with van der Waals surface area (Å²) in [5, 5.41) is 9.19. The lowest BCUT2D eigenvalue weighted by Gasteiger charge is -2.30. The van der Waals surface area contributed by atoms with Crippen LogP contribution in [0.3, 0.4) is 0 Å². The fourth-order valence-electron chi connectivity index (χ4n) is 8.49. The number of likely N-dealkylation sites (N-methyl/N-ethyl adjacent to an activating group) is 1. The number of benzene rings is 2. The Kier molecular flexibility index (Phi) is 21.7. The standard InChI is InChI=1S/C47H66N2O16S3/c1-5-48-41-20-18-37(67(55,56)57)35-39(41)46(2,22-14-34-66(52,53)54)43(48)15-10-7-6-8-11-16-44-47(3,23-25-62-28-29-64-32-33-65-31-30-63-27-26-61-4)40-36-38(68(58,59)60)19-21-42(40)49(44)24-13-9-12-17-45(50)51/h6-8,10-11,15-16,18-21,35-36H,5,9,12-14,17,22-34H2,1-4H3,(H3-,50,51,52,53,54,55,56,57,58,59,60)/p+1. The molecule has 2 atom stereocenters. The van der Waals surface area contributed by atoms with Gasteiger partial charge in [0.15, 0.2) is 5.71 Å². The van der Waals surface area contributed by atoms with Crippen molar-refractivity contribution in [2.75, 3.05) is 90.3 Å². The average Bonchev–Trinajstić information content (AvgIpc) is 3.64. The lowest BCUT2D eigenvalue weighted by Crippen LogP contribution is -2.33. The lowest BCUT2D eigenvalue weighted by atomic mass is 9.76. The first-order valence-corrected chi connectivity index (χ1v) is 27.0. The van der Waals surface area contributed by atoms with Gasteiger partial charge in [-0.3, -0.25) is 18.5 Å². The van der Waals surface area contributed by atoms with E-state index in [1.807, 2.05) is 50.0 Å². The van der Waals surface area contributed by atoms with E-state index in [2.05, 4.69) is 4.58 Å². The molecular weight excluding hydrogens is 945 g/mol. The number of fused-ring (bicyclic) bond motifs is 2. The van der Waals surface area contributed by atoms with E-state index in [0.29, 0.717) is 108 Å². The first-order chi connectivity index (χ1) is 32.2. The molecule has 2 aromatic rings. The molecule has 2 unspecified atom stereocenters. The monoisotopic (exact) mass is 1010 g/mol. The number of anilines is 1. The number of hydrogen-bond donors (Lipinski definition) is 4. The van der Waals surface area contributed by atoms with Crippen LogP contribution in [0.1, 0.15) is 76.8 Å². The Hall–Kier alpha value is -4.13. The van der Waals surface area contributed by atoms with Gasteiger partial charge >= 0.3 is 5.97 Å². The predicted octanol–water partition coefficient (Wildman–Crippen LogP) is 6.30. The highest BCUT2D eigenvalue weighted by molar-refractivity contribution is 7.86. The Balaban J connectivity index is 1.57. The summed E-state index contributed by atoms with van der Waals surface area (Å²) < 4.78 is 131. The second-order valence-electron chi connectivity index (χ2n) is 16.7. The number of hydrogen-bond acceptors (Lipinski definition) is 13. The molecule has 2 aliphatic rings. The maximum Gasteiger partial charge on any atom is 0.303 e. The van der Waals surface area contributed by atoms with Crippen LogP contribution >= 0.6 is 0 Å². The smallest absolute Gasteiger partial charge is 0.303 e. The molecule has 4 N–H and O–H groups in total. The molecule has 0 radical (unpaired) electrons. The summed E-state index contributed by atoms with van der Waals surface area (Å²) in [5.74, 6) is -1.36. The van der Waals surface area contributed by atoms with Crippen LogP contribution in [0, 0.1) is 0 Å². The summed E-state index contributed by atoms with van der Waals surface area (Å²) in [6, 6.07) is 8.84. The molecule has 2 heterocycles. The first kappa shape index (κ1) is 56.5. The maximum atomic E-state index is 12.4. The molecule has 0 saturated heterocycles. The number of rotatable bonds is 32. The molecule has 0 aliphatic carbocycles. The number of nitrogens with zero attached hydrogens (tertiary/aromatic N) is 2. The molecule has 21 heteroatoms. The fourth-order valence-corrected chi connectivity index (χ4v) is 10.0. The second kappa shape index (κ2) is 26.2. The molecule has 68 heavy (non-hydrogen) atoms. The zero-order valence-corrected chi connectivity index (χ0v) is 41.7. The van der Waals surface area contributed by atoms with Gasteiger partial charge in [0.25, 0.3) is 30.4 Å². The fraction of sp³-hybridized carbons (Fsp3) is 0.532. The van der Waals surface area contributed by atoms with E-state index >= 15 is 0 Å². The number of allylic oxidation sites excluding steroid dienone is 8. The lowest BCUT2D eigenvalue weighted by molar-refractivity contribution is -0.438. The van der Waals surface area contributed by atoms with Gasteiger partial charge in [-0.25, -0.2) is 0 Å². The van der Waals surface area contributed by atoms with Crippen molar-refractivity contribution in [3.63, 3.8) is 0 Å². The van der Waals surface area contributed by atoms with Crippen molar-refractivity contribution in [3.8, 4) is 0 Å². The zero-order valence-electron chi connectivity index (χ0n) is 39.2. The quantitative estimate of drug-likeness (QED) is 0.0271. The van der Waals surface area contributed by atoms with Crippen LogP contribution in [0.5, 0.6) is 0 Å². The van der Waals surface area contributed by atoms with E-state index in [4.69, 9.17) is 23.7 Å².